The smallest absolute Gasteiger partial charge is 0.132 e. The Morgan fingerprint density at radius 2 is 2.12 bits per heavy atom. The summed E-state index contributed by atoms with van der Waals surface area (Å²) in [7, 11) is 0. The van der Waals surface area contributed by atoms with Gasteiger partial charge in [-0.15, -0.1) is 0 Å². The molecule has 94 valence electrons. The van der Waals surface area contributed by atoms with Crippen LogP contribution in [0.25, 0.3) is 0 Å². The summed E-state index contributed by atoms with van der Waals surface area (Å²) in [5.41, 5.74) is 6.63. The number of nitrogens with two attached hydrogens (primary N) is 1. The Bertz CT molecular complexity index is 385. The lowest BCUT2D eigenvalue weighted by molar-refractivity contribution is 0.696. The monoisotopic (exact) mass is 252 g/mol. The number of aromatic nitrogens is 2. The van der Waals surface area contributed by atoms with Gasteiger partial charge >= 0.3 is 0 Å². The molecule has 1 heterocycles. The third-order valence-electron chi connectivity index (χ3n) is 2.64. The molecule has 0 saturated heterocycles. The number of nitrogens with zero attached hydrogens (tertiary/aromatic N) is 3. The van der Waals surface area contributed by atoms with E-state index in [-0.39, 0.29) is 5.92 Å². The summed E-state index contributed by atoms with van der Waals surface area (Å²) >= 11 is 5.00. The van der Waals surface area contributed by atoms with E-state index in [1.165, 1.54) is 0 Å². The van der Waals surface area contributed by atoms with Crippen LogP contribution < -0.4 is 10.6 Å². The van der Waals surface area contributed by atoms with E-state index in [1.807, 2.05) is 26.8 Å². The van der Waals surface area contributed by atoms with Crippen molar-refractivity contribution < 1.29 is 0 Å². The molecule has 1 unspecified atom stereocenters. The van der Waals surface area contributed by atoms with Crippen molar-refractivity contribution in [2.24, 2.45) is 11.7 Å². The first-order valence-corrected chi connectivity index (χ1v) is 6.21. The highest BCUT2D eigenvalue weighted by molar-refractivity contribution is 7.80. The molecule has 1 aromatic heterocycles. The lowest BCUT2D eigenvalue weighted by Crippen LogP contribution is -2.34. The molecule has 0 aliphatic rings. The van der Waals surface area contributed by atoms with E-state index in [0.29, 0.717) is 4.99 Å². The van der Waals surface area contributed by atoms with Gasteiger partial charge in [0, 0.05) is 30.8 Å². The lowest BCUT2D eigenvalue weighted by Gasteiger charge is -2.25. The predicted molar refractivity (Wildman–Crippen MR) is 75.3 cm³/mol. The van der Waals surface area contributed by atoms with E-state index in [1.54, 1.807) is 0 Å². The predicted octanol–water partition coefficient (Wildman–Crippen LogP) is 1.84. The van der Waals surface area contributed by atoms with Crippen LogP contribution in [0.15, 0.2) is 6.07 Å². The molecule has 0 bridgehead atoms. The summed E-state index contributed by atoms with van der Waals surface area (Å²) in [6.45, 7) is 9.68. The van der Waals surface area contributed by atoms with Gasteiger partial charge < -0.3 is 10.6 Å². The van der Waals surface area contributed by atoms with Crippen molar-refractivity contribution in [3.05, 3.63) is 17.6 Å². The molecule has 0 amide bonds. The van der Waals surface area contributed by atoms with Crippen LogP contribution >= 0.6 is 12.2 Å². The zero-order chi connectivity index (χ0) is 13.0. The minimum Gasteiger partial charge on any atom is -0.393 e. The Morgan fingerprint density at radius 1 is 1.47 bits per heavy atom. The molecule has 0 radical (unpaired) electrons. The van der Waals surface area contributed by atoms with E-state index in [4.69, 9.17) is 18.0 Å². The maximum Gasteiger partial charge on any atom is 0.132 e. The van der Waals surface area contributed by atoms with Gasteiger partial charge in [-0.05, 0) is 20.8 Å². The third-order valence-corrected chi connectivity index (χ3v) is 3.04. The normalized spacial score (nSPS) is 12.2. The van der Waals surface area contributed by atoms with Gasteiger partial charge in [0.05, 0.1) is 4.99 Å². The summed E-state index contributed by atoms with van der Waals surface area (Å²) in [4.78, 5) is 11.4. The molecule has 4 nitrogen and oxygen atoms in total. The second-order valence-corrected chi connectivity index (χ2v) is 4.73. The molecule has 2 N–H and O–H groups in total. The Hall–Kier alpha value is -1.23. The maximum atomic E-state index is 5.65. The van der Waals surface area contributed by atoms with Crippen LogP contribution in [0.2, 0.25) is 0 Å². The molecule has 1 aromatic rings. The molecule has 0 aliphatic heterocycles. The Balaban J connectivity index is 2.89. The molecule has 0 aromatic carbocycles. The van der Waals surface area contributed by atoms with Crippen molar-refractivity contribution in [2.75, 3.05) is 18.0 Å². The second-order valence-electron chi connectivity index (χ2n) is 4.26. The minimum atomic E-state index is 0.181. The zero-order valence-corrected chi connectivity index (χ0v) is 11.7. The zero-order valence-electron chi connectivity index (χ0n) is 10.9. The standard InChI is InChI=1S/C12H20N4S/c1-5-16(7-8(2)12(13)17)11-6-9(3)14-10(4)15-11/h6,8H,5,7H2,1-4H3,(H2,13,17). The Labute approximate surface area is 108 Å². The summed E-state index contributed by atoms with van der Waals surface area (Å²) in [5.74, 6) is 1.92. The number of hydrogen-bond acceptors (Lipinski definition) is 4. The van der Waals surface area contributed by atoms with Crippen LogP contribution in [0.5, 0.6) is 0 Å². The fourth-order valence-corrected chi connectivity index (χ4v) is 1.74. The van der Waals surface area contributed by atoms with Crippen molar-refractivity contribution in [2.45, 2.75) is 27.7 Å². The van der Waals surface area contributed by atoms with Crippen LogP contribution in [0.1, 0.15) is 25.4 Å². The Kier molecular flexibility index (Phi) is 4.81. The summed E-state index contributed by atoms with van der Waals surface area (Å²) in [6.07, 6.45) is 0. The Morgan fingerprint density at radius 3 is 2.59 bits per heavy atom. The fourth-order valence-electron chi connectivity index (χ4n) is 1.66. The average Bonchev–Trinajstić information content (AvgIpc) is 2.23. The SMILES string of the molecule is CCN(CC(C)C(N)=S)c1cc(C)nc(C)n1. The van der Waals surface area contributed by atoms with Gasteiger partial charge in [0.25, 0.3) is 0 Å². The topological polar surface area (TPSA) is 55.0 Å². The molecule has 0 spiro atoms. The van der Waals surface area contributed by atoms with E-state index in [0.717, 1.165) is 30.4 Å². The summed E-state index contributed by atoms with van der Waals surface area (Å²) < 4.78 is 0. The second kappa shape index (κ2) is 5.91. The summed E-state index contributed by atoms with van der Waals surface area (Å²) in [6, 6.07) is 1.99. The molecule has 1 rings (SSSR count). The summed E-state index contributed by atoms with van der Waals surface area (Å²) in [5, 5.41) is 0. The van der Waals surface area contributed by atoms with Crippen LogP contribution in [0.4, 0.5) is 5.82 Å². The van der Waals surface area contributed by atoms with E-state index < -0.39 is 0 Å². The number of rotatable bonds is 5. The number of anilines is 1. The molecular formula is C12H20N4S. The quantitative estimate of drug-likeness (QED) is 0.810. The first-order valence-electron chi connectivity index (χ1n) is 5.80. The molecule has 0 saturated carbocycles. The van der Waals surface area contributed by atoms with Gasteiger partial charge in [0.15, 0.2) is 0 Å². The van der Waals surface area contributed by atoms with Gasteiger partial charge in [-0.1, -0.05) is 19.1 Å². The highest BCUT2D eigenvalue weighted by Gasteiger charge is 2.13. The largest absolute Gasteiger partial charge is 0.393 e. The van der Waals surface area contributed by atoms with Crippen LogP contribution in [-0.4, -0.2) is 28.0 Å². The van der Waals surface area contributed by atoms with Crippen molar-refractivity contribution in [1.82, 2.24) is 9.97 Å². The molecule has 0 aliphatic carbocycles. The van der Waals surface area contributed by atoms with E-state index in [2.05, 4.69) is 21.8 Å². The third kappa shape index (κ3) is 3.93. The van der Waals surface area contributed by atoms with Crippen molar-refractivity contribution in [1.29, 1.82) is 0 Å². The molecular weight excluding hydrogens is 232 g/mol. The average molecular weight is 252 g/mol. The highest BCUT2D eigenvalue weighted by Crippen LogP contribution is 2.14. The molecule has 17 heavy (non-hydrogen) atoms. The van der Waals surface area contributed by atoms with Gasteiger partial charge in [-0.25, -0.2) is 9.97 Å². The number of aryl methyl sites for hydroxylation is 2. The van der Waals surface area contributed by atoms with Gasteiger partial charge in [0.1, 0.15) is 11.6 Å². The van der Waals surface area contributed by atoms with Crippen LogP contribution in [0.3, 0.4) is 0 Å². The maximum absolute atomic E-state index is 5.65. The first kappa shape index (κ1) is 13.8. The van der Waals surface area contributed by atoms with Crippen molar-refractivity contribution in [3.8, 4) is 0 Å². The molecule has 0 fully saturated rings. The van der Waals surface area contributed by atoms with E-state index >= 15 is 0 Å². The minimum absolute atomic E-state index is 0.181. The first-order chi connectivity index (χ1) is 7.93. The van der Waals surface area contributed by atoms with Crippen molar-refractivity contribution in [3.63, 3.8) is 0 Å². The number of hydrogen-bond donors (Lipinski definition) is 1. The lowest BCUT2D eigenvalue weighted by atomic mass is 10.1. The van der Waals surface area contributed by atoms with Gasteiger partial charge in [-0.3, -0.25) is 0 Å². The fraction of sp³-hybridized carbons (Fsp3) is 0.583. The highest BCUT2D eigenvalue weighted by atomic mass is 32.1. The van der Waals surface area contributed by atoms with Crippen LogP contribution in [-0.2, 0) is 0 Å². The van der Waals surface area contributed by atoms with Gasteiger partial charge in [-0.2, -0.15) is 0 Å². The van der Waals surface area contributed by atoms with E-state index in [9.17, 15) is 0 Å². The van der Waals surface area contributed by atoms with Crippen molar-refractivity contribution >= 4 is 23.0 Å². The van der Waals surface area contributed by atoms with Gasteiger partial charge in [0.2, 0.25) is 0 Å². The molecule has 5 heteroatoms. The van der Waals surface area contributed by atoms with Crippen LogP contribution in [0, 0.1) is 19.8 Å². The molecule has 1 atom stereocenters. The number of thiocarbonyl (C=S) groups is 1.